The molecular formula is C16H16N2O4. The smallest absolute Gasteiger partial charge is 0.293 e. The number of carbonyl (C=O) groups is 1. The molecule has 0 unspecified atom stereocenters. The van der Waals surface area contributed by atoms with E-state index in [1.54, 1.807) is 31.2 Å². The van der Waals surface area contributed by atoms with Crippen molar-refractivity contribution < 1.29 is 14.5 Å². The predicted octanol–water partition coefficient (Wildman–Crippen LogP) is 3.05. The Labute approximate surface area is 128 Å². The number of ether oxygens (including phenoxy) is 1. The molecule has 6 heteroatoms. The Balaban J connectivity index is 2.30. The number of methoxy groups -OCH3 is 1. The van der Waals surface area contributed by atoms with Gasteiger partial charge in [-0.25, -0.2) is 0 Å². The highest BCUT2D eigenvalue weighted by molar-refractivity contribution is 5.79. The molecule has 0 aliphatic heterocycles. The van der Waals surface area contributed by atoms with Crippen molar-refractivity contribution in [1.82, 2.24) is 0 Å². The first-order valence-electron chi connectivity index (χ1n) is 6.63. The second-order valence-electron chi connectivity index (χ2n) is 4.83. The van der Waals surface area contributed by atoms with Gasteiger partial charge >= 0.3 is 0 Å². The summed E-state index contributed by atoms with van der Waals surface area (Å²) in [6.45, 7) is 0.485. The van der Waals surface area contributed by atoms with Gasteiger partial charge < -0.3 is 9.64 Å². The normalized spacial score (nSPS) is 10.1. The molecule has 0 saturated carbocycles. The number of nitro benzene ring substituents is 1. The number of rotatable bonds is 6. The van der Waals surface area contributed by atoms with Gasteiger partial charge in [-0.15, -0.1) is 0 Å². The lowest BCUT2D eigenvalue weighted by Gasteiger charge is -2.19. The second-order valence-corrected chi connectivity index (χ2v) is 4.83. The van der Waals surface area contributed by atoms with Crippen LogP contribution in [0, 0.1) is 10.1 Å². The average Bonchev–Trinajstić information content (AvgIpc) is 2.54. The van der Waals surface area contributed by atoms with E-state index in [0.29, 0.717) is 18.5 Å². The maximum Gasteiger partial charge on any atom is 0.293 e. The highest BCUT2D eigenvalue weighted by atomic mass is 16.6. The van der Waals surface area contributed by atoms with Crippen molar-refractivity contribution in [2.24, 2.45) is 0 Å². The Morgan fingerprint density at radius 1 is 1.27 bits per heavy atom. The Hall–Kier alpha value is -2.89. The molecule has 114 valence electrons. The number of hydrogen-bond acceptors (Lipinski definition) is 5. The van der Waals surface area contributed by atoms with Crippen molar-refractivity contribution >= 4 is 17.7 Å². The maximum atomic E-state index is 11.2. The van der Waals surface area contributed by atoms with Crippen LogP contribution in [-0.4, -0.2) is 25.4 Å². The first-order chi connectivity index (χ1) is 10.5. The molecule has 0 fully saturated rings. The first kappa shape index (κ1) is 15.5. The fourth-order valence-corrected chi connectivity index (χ4v) is 2.21. The zero-order chi connectivity index (χ0) is 16.1. The fourth-order valence-electron chi connectivity index (χ4n) is 2.21. The molecule has 0 atom stereocenters. The number of nitro groups is 1. The van der Waals surface area contributed by atoms with E-state index in [1.807, 2.05) is 24.3 Å². The number of aldehydes is 1. The van der Waals surface area contributed by atoms with Gasteiger partial charge in [0.2, 0.25) is 0 Å². The van der Waals surface area contributed by atoms with Crippen molar-refractivity contribution in [2.45, 2.75) is 6.54 Å². The molecular weight excluding hydrogens is 284 g/mol. The minimum absolute atomic E-state index is 0.0880. The molecule has 2 aromatic carbocycles. The molecule has 0 heterocycles. The van der Waals surface area contributed by atoms with Crippen LogP contribution in [0.3, 0.4) is 0 Å². The SMILES string of the molecule is COc1cccc(CN(C)c2ccc(C=O)cc2[N+](=O)[O-])c1. The third-order valence-corrected chi connectivity index (χ3v) is 3.30. The van der Waals surface area contributed by atoms with Gasteiger partial charge in [0.05, 0.1) is 12.0 Å². The second kappa shape index (κ2) is 6.71. The summed E-state index contributed by atoms with van der Waals surface area (Å²) < 4.78 is 5.17. The molecule has 0 aromatic heterocycles. The largest absolute Gasteiger partial charge is 0.497 e. The van der Waals surface area contributed by atoms with E-state index in [2.05, 4.69) is 0 Å². The van der Waals surface area contributed by atoms with Crippen LogP contribution in [0.1, 0.15) is 15.9 Å². The van der Waals surface area contributed by atoms with Crippen molar-refractivity contribution in [3.8, 4) is 5.75 Å². The number of anilines is 1. The van der Waals surface area contributed by atoms with Crippen LogP contribution in [0.5, 0.6) is 5.75 Å². The molecule has 22 heavy (non-hydrogen) atoms. The molecule has 0 aliphatic rings. The summed E-state index contributed by atoms with van der Waals surface area (Å²) in [4.78, 5) is 23.2. The van der Waals surface area contributed by atoms with Gasteiger partial charge in [-0.05, 0) is 29.8 Å². The van der Waals surface area contributed by atoms with Crippen molar-refractivity contribution in [3.63, 3.8) is 0 Å². The van der Waals surface area contributed by atoms with E-state index >= 15 is 0 Å². The summed E-state index contributed by atoms with van der Waals surface area (Å²) >= 11 is 0. The number of nitrogens with zero attached hydrogens (tertiary/aromatic N) is 2. The van der Waals surface area contributed by atoms with E-state index in [0.717, 1.165) is 11.3 Å². The number of hydrogen-bond donors (Lipinski definition) is 0. The van der Waals surface area contributed by atoms with Crippen molar-refractivity contribution in [2.75, 3.05) is 19.1 Å². The van der Waals surface area contributed by atoms with E-state index < -0.39 is 4.92 Å². The van der Waals surface area contributed by atoms with Crippen LogP contribution in [0.15, 0.2) is 42.5 Å². The highest BCUT2D eigenvalue weighted by Crippen LogP contribution is 2.29. The van der Waals surface area contributed by atoms with Gasteiger partial charge in [0.15, 0.2) is 0 Å². The summed E-state index contributed by atoms with van der Waals surface area (Å²) in [5.41, 5.74) is 1.62. The molecule has 0 spiro atoms. The highest BCUT2D eigenvalue weighted by Gasteiger charge is 2.18. The van der Waals surface area contributed by atoms with Gasteiger partial charge in [-0.3, -0.25) is 14.9 Å². The molecule has 0 aliphatic carbocycles. The fraction of sp³-hybridized carbons (Fsp3) is 0.188. The van der Waals surface area contributed by atoms with Gasteiger partial charge in [-0.1, -0.05) is 12.1 Å². The van der Waals surface area contributed by atoms with Gasteiger partial charge in [0.25, 0.3) is 5.69 Å². The zero-order valence-electron chi connectivity index (χ0n) is 12.4. The van der Waals surface area contributed by atoms with Crippen LogP contribution >= 0.6 is 0 Å². The van der Waals surface area contributed by atoms with Crippen LogP contribution < -0.4 is 9.64 Å². The van der Waals surface area contributed by atoms with Crippen LogP contribution in [0.2, 0.25) is 0 Å². The van der Waals surface area contributed by atoms with E-state index in [-0.39, 0.29) is 11.3 Å². The molecule has 0 amide bonds. The Kier molecular flexibility index (Phi) is 4.73. The molecule has 6 nitrogen and oxygen atoms in total. The summed E-state index contributed by atoms with van der Waals surface area (Å²) in [7, 11) is 3.36. The summed E-state index contributed by atoms with van der Waals surface area (Å²) in [6, 6.07) is 11.9. The Morgan fingerprint density at radius 2 is 2.05 bits per heavy atom. The average molecular weight is 300 g/mol. The molecule has 2 rings (SSSR count). The standard InChI is InChI=1S/C16H16N2O4/c1-17(10-12-4-3-5-14(8-12)22-2)15-7-6-13(11-19)9-16(15)18(20)21/h3-9,11H,10H2,1-2H3. The lowest BCUT2D eigenvalue weighted by Crippen LogP contribution is -2.17. The molecule has 0 N–H and O–H groups in total. The Bertz CT molecular complexity index is 700. The first-order valence-corrected chi connectivity index (χ1v) is 6.63. The molecule has 0 bridgehead atoms. The number of benzene rings is 2. The third kappa shape index (κ3) is 3.41. The van der Waals surface area contributed by atoms with Crippen LogP contribution in [0.25, 0.3) is 0 Å². The summed E-state index contributed by atoms with van der Waals surface area (Å²) in [5, 5.41) is 11.2. The van der Waals surface area contributed by atoms with Crippen molar-refractivity contribution in [1.29, 1.82) is 0 Å². The molecule has 2 aromatic rings. The lowest BCUT2D eigenvalue weighted by molar-refractivity contribution is -0.384. The number of carbonyl (C=O) groups excluding carboxylic acids is 1. The summed E-state index contributed by atoms with van der Waals surface area (Å²) in [6.07, 6.45) is 0.596. The molecule has 0 radical (unpaired) electrons. The van der Waals surface area contributed by atoms with E-state index in [4.69, 9.17) is 4.74 Å². The topological polar surface area (TPSA) is 72.7 Å². The van der Waals surface area contributed by atoms with Gasteiger partial charge in [-0.2, -0.15) is 0 Å². The Morgan fingerprint density at radius 3 is 2.68 bits per heavy atom. The van der Waals surface area contributed by atoms with Crippen LogP contribution in [0.4, 0.5) is 11.4 Å². The minimum Gasteiger partial charge on any atom is -0.497 e. The summed E-state index contributed by atoms with van der Waals surface area (Å²) in [5.74, 6) is 0.733. The van der Waals surface area contributed by atoms with Crippen molar-refractivity contribution in [3.05, 3.63) is 63.7 Å². The predicted molar refractivity (Wildman–Crippen MR) is 83.6 cm³/mol. The van der Waals surface area contributed by atoms with E-state index in [1.165, 1.54) is 6.07 Å². The van der Waals surface area contributed by atoms with E-state index in [9.17, 15) is 14.9 Å². The molecule has 0 saturated heterocycles. The monoisotopic (exact) mass is 300 g/mol. The minimum atomic E-state index is -0.482. The maximum absolute atomic E-state index is 11.2. The van der Waals surface area contributed by atoms with Gasteiger partial charge in [0.1, 0.15) is 17.7 Å². The van der Waals surface area contributed by atoms with Crippen LogP contribution in [-0.2, 0) is 6.54 Å². The third-order valence-electron chi connectivity index (χ3n) is 3.30. The lowest BCUT2D eigenvalue weighted by atomic mass is 10.1. The zero-order valence-corrected chi connectivity index (χ0v) is 12.4. The van der Waals surface area contributed by atoms with Gasteiger partial charge in [0, 0.05) is 25.2 Å². The quantitative estimate of drug-likeness (QED) is 0.466.